The van der Waals surface area contributed by atoms with Crippen LogP contribution in [0.4, 0.5) is 0 Å². The van der Waals surface area contributed by atoms with Gasteiger partial charge in [-0.15, -0.1) is 0 Å². The smallest absolute Gasteiger partial charge is 0.0267 e. The molecular weight excluding hydrogens is 264 g/mol. The van der Waals surface area contributed by atoms with Gasteiger partial charge in [-0.2, -0.15) is 0 Å². The zero-order valence-electron chi connectivity index (χ0n) is 15.7. The summed E-state index contributed by atoms with van der Waals surface area (Å²) in [6.07, 6.45) is 25.7. The van der Waals surface area contributed by atoms with Crippen molar-refractivity contribution in [3.8, 4) is 0 Å². The Morgan fingerprint density at radius 1 is 0.727 bits per heavy atom. The van der Waals surface area contributed by atoms with Crippen molar-refractivity contribution in [3.05, 3.63) is 0 Å². The molecule has 130 valence electrons. The highest BCUT2D eigenvalue weighted by Crippen LogP contribution is 2.56. The molecule has 0 aliphatic heterocycles. The van der Waals surface area contributed by atoms with Crippen LogP contribution in [0.5, 0.6) is 0 Å². The normalized spacial score (nSPS) is 27.5. The Bertz CT molecular complexity index is 274. The second-order valence-corrected chi connectivity index (χ2v) is 8.53. The molecule has 0 heterocycles. The quantitative estimate of drug-likeness (QED) is 0.340. The fourth-order valence-electron chi connectivity index (χ4n) is 5.79. The average molecular weight is 307 g/mol. The van der Waals surface area contributed by atoms with Crippen LogP contribution in [0.15, 0.2) is 0 Å². The molecule has 0 heteroatoms. The third-order valence-corrected chi connectivity index (χ3v) is 7.00. The molecule has 0 saturated heterocycles. The van der Waals surface area contributed by atoms with Crippen LogP contribution in [0.2, 0.25) is 0 Å². The van der Waals surface area contributed by atoms with Crippen LogP contribution in [-0.2, 0) is 0 Å². The summed E-state index contributed by atoms with van der Waals surface area (Å²) in [6.45, 7) is 4.70. The van der Waals surface area contributed by atoms with Gasteiger partial charge >= 0.3 is 0 Å². The van der Waals surface area contributed by atoms with Crippen molar-refractivity contribution in [2.45, 2.75) is 123 Å². The maximum absolute atomic E-state index is 2.38. The van der Waals surface area contributed by atoms with E-state index in [1.54, 1.807) is 44.9 Å². The molecule has 0 N–H and O–H groups in total. The first kappa shape index (κ1) is 18.3. The molecule has 0 bridgehead atoms. The Labute approximate surface area is 140 Å². The predicted molar refractivity (Wildman–Crippen MR) is 99.3 cm³/mol. The first-order valence-corrected chi connectivity index (χ1v) is 10.8. The maximum atomic E-state index is 2.38. The van der Waals surface area contributed by atoms with E-state index in [1.165, 1.54) is 64.2 Å². The van der Waals surface area contributed by atoms with Gasteiger partial charge in [-0.25, -0.2) is 0 Å². The second-order valence-electron chi connectivity index (χ2n) is 8.53. The second kappa shape index (κ2) is 9.99. The van der Waals surface area contributed by atoms with Gasteiger partial charge in [-0.3, -0.25) is 0 Å². The molecule has 2 rings (SSSR count). The first-order valence-electron chi connectivity index (χ1n) is 10.8. The highest BCUT2D eigenvalue weighted by Gasteiger charge is 2.45. The van der Waals surface area contributed by atoms with E-state index in [2.05, 4.69) is 13.8 Å². The van der Waals surface area contributed by atoms with Gasteiger partial charge in [-0.1, -0.05) is 97.3 Å². The van der Waals surface area contributed by atoms with Crippen LogP contribution in [0.1, 0.15) is 123 Å². The number of hydrogen-bond acceptors (Lipinski definition) is 0. The Kier molecular flexibility index (Phi) is 8.33. The summed E-state index contributed by atoms with van der Waals surface area (Å²) >= 11 is 0. The summed E-state index contributed by atoms with van der Waals surface area (Å²) in [6, 6.07) is 0. The summed E-state index contributed by atoms with van der Waals surface area (Å²) in [5.74, 6) is 2.21. The molecule has 0 nitrogen and oxygen atoms in total. The standard InChI is InChI=1S/C22H42/c1-3-5-7-8-9-10-14-20-15-13-16-21(20)22(17-6-4-2)18-11-12-19-22/h20-21H,3-19H2,1-2H3. The fraction of sp³-hybridized carbons (Fsp3) is 1.00. The summed E-state index contributed by atoms with van der Waals surface area (Å²) in [4.78, 5) is 0. The topological polar surface area (TPSA) is 0 Å². The maximum Gasteiger partial charge on any atom is -0.0267 e. The van der Waals surface area contributed by atoms with Gasteiger partial charge in [0.1, 0.15) is 0 Å². The molecule has 2 saturated carbocycles. The minimum absolute atomic E-state index is 0.791. The van der Waals surface area contributed by atoms with Crippen molar-refractivity contribution in [3.63, 3.8) is 0 Å². The zero-order chi connectivity index (χ0) is 15.7. The largest absolute Gasteiger partial charge is 0.0654 e. The number of unbranched alkanes of at least 4 members (excludes halogenated alkanes) is 6. The van der Waals surface area contributed by atoms with E-state index in [0.717, 1.165) is 17.3 Å². The van der Waals surface area contributed by atoms with Crippen LogP contribution >= 0.6 is 0 Å². The van der Waals surface area contributed by atoms with Crippen molar-refractivity contribution in [1.29, 1.82) is 0 Å². The Hall–Kier alpha value is 0. The van der Waals surface area contributed by atoms with E-state index in [1.807, 2.05) is 0 Å². The molecule has 0 radical (unpaired) electrons. The SMILES string of the molecule is CCCCCCCCC1CCCC1C1(CCCC)CCCC1. The van der Waals surface area contributed by atoms with Crippen LogP contribution in [0, 0.1) is 17.3 Å². The molecule has 22 heavy (non-hydrogen) atoms. The lowest BCUT2D eigenvalue weighted by molar-refractivity contribution is 0.104. The number of hydrogen-bond donors (Lipinski definition) is 0. The molecule has 2 unspecified atom stereocenters. The highest BCUT2D eigenvalue weighted by atomic mass is 14.5. The lowest BCUT2D eigenvalue weighted by Gasteiger charge is -2.39. The summed E-state index contributed by atoms with van der Waals surface area (Å²) in [5.41, 5.74) is 0.791. The lowest BCUT2D eigenvalue weighted by Crippen LogP contribution is -2.30. The van der Waals surface area contributed by atoms with Crippen LogP contribution in [-0.4, -0.2) is 0 Å². The van der Waals surface area contributed by atoms with E-state index >= 15 is 0 Å². The highest BCUT2D eigenvalue weighted by molar-refractivity contribution is 4.95. The van der Waals surface area contributed by atoms with Crippen molar-refractivity contribution < 1.29 is 0 Å². The fourth-order valence-corrected chi connectivity index (χ4v) is 5.79. The van der Waals surface area contributed by atoms with E-state index in [-0.39, 0.29) is 0 Å². The zero-order valence-corrected chi connectivity index (χ0v) is 15.7. The Morgan fingerprint density at radius 2 is 1.41 bits per heavy atom. The molecule has 0 amide bonds. The molecule has 2 aliphatic carbocycles. The Morgan fingerprint density at radius 3 is 2.14 bits per heavy atom. The summed E-state index contributed by atoms with van der Waals surface area (Å²) in [7, 11) is 0. The van der Waals surface area contributed by atoms with Gasteiger partial charge in [0, 0.05) is 0 Å². The third-order valence-electron chi connectivity index (χ3n) is 7.00. The van der Waals surface area contributed by atoms with Crippen molar-refractivity contribution >= 4 is 0 Å². The van der Waals surface area contributed by atoms with Gasteiger partial charge in [0.15, 0.2) is 0 Å². The third kappa shape index (κ3) is 5.00. The van der Waals surface area contributed by atoms with E-state index < -0.39 is 0 Å². The van der Waals surface area contributed by atoms with E-state index in [4.69, 9.17) is 0 Å². The van der Waals surface area contributed by atoms with E-state index in [9.17, 15) is 0 Å². The predicted octanol–water partition coefficient (Wildman–Crippen LogP) is 7.90. The molecule has 0 aromatic rings. The monoisotopic (exact) mass is 306 g/mol. The average Bonchev–Trinajstić information content (AvgIpc) is 3.18. The van der Waals surface area contributed by atoms with Gasteiger partial charge < -0.3 is 0 Å². The van der Waals surface area contributed by atoms with Gasteiger partial charge in [-0.05, 0) is 42.9 Å². The molecular formula is C22H42. The minimum atomic E-state index is 0.791. The van der Waals surface area contributed by atoms with E-state index in [0.29, 0.717) is 0 Å². The number of rotatable bonds is 11. The van der Waals surface area contributed by atoms with Gasteiger partial charge in [0.25, 0.3) is 0 Å². The molecule has 2 atom stereocenters. The first-order chi connectivity index (χ1) is 10.8. The molecule has 2 aliphatic rings. The molecule has 2 fully saturated rings. The van der Waals surface area contributed by atoms with Gasteiger partial charge in [0.2, 0.25) is 0 Å². The molecule has 0 aromatic heterocycles. The van der Waals surface area contributed by atoms with Crippen molar-refractivity contribution in [1.82, 2.24) is 0 Å². The molecule has 0 aromatic carbocycles. The lowest BCUT2D eigenvalue weighted by atomic mass is 9.66. The minimum Gasteiger partial charge on any atom is -0.0654 e. The van der Waals surface area contributed by atoms with Crippen LogP contribution in [0.25, 0.3) is 0 Å². The van der Waals surface area contributed by atoms with Crippen molar-refractivity contribution in [2.24, 2.45) is 17.3 Å². The summed E-state index contributed by atoms with van der Waals surface area (Å²) in [5, 5.41) is 0. The van der Waals surface area contributed by atoms with Crippen LogP contribution < -0.4 is 0 Å². The summed E-state index contributed by atoms with van der Waals surface area (Å²) < 4.78 is 0. The van der Waals surface area contributed by atoms with Crippen LogP contribution in [0.3, 0.4) is 0 Å². The van der Waals surface area contributed by atoms with Gasteiger partial charge in [0.05, 0.1) is 0 Å². The Balaban J connectivity index is 1.78. The van der Waals surface area contributed by atoms with Crippen molar-refractivity contribution in [2.75, 3.05) is 0 Å². The molecule has 0 spiro atoms.